The Morgan fingerprint density at radius 3 is 2.71 bits per heavy atom. The summed E-state index contributed by atoms with van der Waals surface area (Å²) in [5.41, 5.74) is -0.693. The molecular formula is C13H20O4. The zero-order valence-corrected chi connectivity index (χ0v) is 10.4. The minimum Gasteiger partial charge on any atom is -0.465 e. The smallest absolute Gasteiger partial charge is 0.317 e. The van der Waals surface area contributed by atoms with Gasteiger partial charge < -0.3 is 14.2 Å². The minimum atomic E-state index is -0.770. The van der Waals surface area contributed by atoms with E-state index in [4.69, 9.17) is 14.2 Å². The maximum absolute atomic E-state index is 12.3. The van der Waals surface area contributed by atoms with Crippen molar-refractivity contribution in [2.75, 3.05) is 19.8 Å². The fourth-order valence-corrected chi connectivity index (χ4v) is 3.04. The van der Waals surface area contributed by atoms with Gasteiger partial charge in [-0.25, -0.2) is 0 Å². The molecule has 1 saturated carbocycles. The van der Waals surface area contributed by atoms with Crippen LogP contribution in [0.2, 0.25) is 0 Å². The van der Waals surface area contributed by atoms with E-state index in [2.05, 4.69) is 6.58 Å². The Balaban J connectivity index is 2.31. The van der Waals surface area contributed by atoms with Gasteiger partial charge in [-0.1, -0.05) is 6.08 Å². The first-order valence-electron chi connectivity index (χ1n) is 6.27. The second-order valence-electron chi connectivity index (χ2n) is 4.60. The summed E-state index contributed by atoms with van der Waals surface area (Å²) in [6.45, 7) is 7.05. The topological polar surface area (TPSA) is 44.8 Å². The van der Waals surface area contributed by atoms with Gasteiger partial charge in [0.15, 0.2) is 5.79 Å². The highest BCUT2D eigenvalue weighted by molar-refractivity contribution is 5.79. The standard InChI is InChI=1S/C13H20O4/c1-3-6-12(11(14)15-4-2)7-5-8-13(12)16-9-10-17-13/h3H,1,4-10H2,2H3/t12-/m0/s1. The minimum absolute atomic E-state index is 0.209. The Hall–Kier alpha value is -0.870. The number of ether oxygens (including phenoxy) is 3. The second kappa shape index (κ2) is 4.78. The summed E-state index contributed by atoms with van der Waals surface area (Å²) in [6.07, 6.45) is 4.74. The summed E-state index contributed by atoms with van der Waals surface area (Å²) < 4.78 is 16.8. The lowest BCUT2D eigenvalue weighted by atomic mass is 9.78. The van der Waals surface area contributed by atoms with E-state index in [1.54, 1.807) is 6.08 Å². The molecule has 0 aromatic carbocycles. The molecule has 0 bridgehead atoms. The molecule has 0 N–H and O–H groups in total. The average Bonchev–Trinajstić information content (AvgIpc) is 2.91. The Kier molecular flexibility index (Phi) is 3.54. The first-order chi connectivity index (χ1) is 8.21. The Labute approximate surface area is 102 Å². The Morgan fingerprint density at radius 2 is 2.12 bits per heavy atom. The fourth-order valence-electron chi connectivity index (χ4n) is 3.04. The Morgan fingerprint density at radius 1 is 1.41 bits per heavy atom. The third-order valence-corrected chi connectivity index (χ3v) is 3.75. The molecule has 1 saturated heterocycles. The van der Waals surface area contributed by atoms with E-state index in [1.165, 1.54) is 0 Å². The van der Waals surface area contributed by atoms with Gasteiger partial charge in [0.1, 0.15) is 5.41 Å². The first-order valence-corrected chi connectivity index (χ1v) is 6.27. The van der Waals surface area contributed by atoms with Crippen molar-refractivity contribution in [3.63, 3.8) is 0 Å². The number of rotatable bonds is 4. The number of esters is 1. The molecule has 1 atom stereocenters. The van der Waals surface area contributed by atoms with E-state index >= 15 is 0 Å². The van der Waals surface area contributed by atoms with Crippen LogP contribution in [0.3, 0.4) is 0 Å². The van der Waals surface area contributed by atoms with Gasteiger partial charge in [0.05, 0.1) is 19.8 Å². The summed E-state index contributed by atoms with van der Waals surface area (Å²) >= 11 is 0. The van der Waals surface area contributed by atoms with E-state index in [-0.39, 0.29) is 5.97 Å². The van der Waals surface area contributed by atoms with Gasteiger partial charge in [-0.3, -0.25) is 4.79 Å². The van der Waals surface area contributed by atoms with Gasteiger partial charge in [0, 0.05) is 6.42 Å². The molecular weight excluding hydrogens is 220 g/mol. The summed E-state index contributed by atoms with van der Waals surface area (Å²) in [5.74, 6) is -0.979. The third-order valence-electron chi connectivity index (χ3n) is 3.75. The van der Waals surface area contributed by atoms with Crippen molar-refractivity contribution in [3.05, 3.63) is 12.7 Å². The zero-order chi connectivity index (χ0) is 12.4. The largest absolute Gasteiger partial charge is 0.465 e. The number of carbonyl (C=O) groups is 1. The van der Waals surface area contributed by atoms with Crippen LogP contribution in [0.4, 0.5) is 0 Å². The van der Waals surface area contributed by atoms with Gasteiger partial charge >= 0.3 is 5.97 Å². The monoisotopic (exact) mass is 240 g/mol. The third kappa shape index (κ3) is 1.79. The molecule has 0 unspecified atom stereocenters. The van der Waals surface area contributed by atoms with Crippen molar-refractivity contribution in [1.29, 1.82) is 0 Å². The fraction of sp³-hybridized carbons (Fsp3) is 0.769. The maximum Gasteiger partial charge on any atom is 0.317 e. The van der Waals surface area contributed by atoms with Crippen molar-refractivity contribution in [2.24, 2.45) is 5.41 Å². The molecule has 1 spiro atoms. The van der Waals surface area contributed by atoms with Crippen molar-refractivity contribution in [3.8, 4) is 0 Å². The van der Waals surface area contributed by atoms with Crippen molar-refractivity contribution in [1.82, 2.24) is 0 Å². The van der Waals surface area contributed by atoms with Gasteiger partial charge in [-0.2, -0.15) is 0 Å². The van der Waals surface area contributed by atoms with Crippen LogP contribution in [-0.2, 0) is 19.0 Å². The van der Waals surface area contributed by atoms with E-state index in [9.17, 15) is 4.79 Å². The Bertz CT molecular complexity index is 301. The molecule has 96 valence electrons. The quantitative estimate of drug-likeness (QED) is 0.557. The summed E-state index contributed by atoms with van der Waals surface area (Å²) in [7, 11) is 0. The van der Waals surface area contributed by atoms with Gasteiger partial charge in [-0.15, -0.1) is 6.58 Å². The number of hydrogen-bond donors (Lipinski definition) is 0. The van der Waals surface area contributed by atoms with Crippen molar-refractivity contribution >= 4 is 5.97 Å². The van der Waals surface area contributed by atoms with E-state index in [0.29, 0.717) is 26.2 Å². The van der Waals surface area contributed by atoms with Crippen LogP contribution in [0.5, 0.6) is 0 Å². The van der Waals surface area contributed by atoms with Gasteiger partial charge in [0.2, 0.25) is 0 Å². The first kappa shape index (κ1) is 12.6. The van der Waals surface area contributed by atoms with Crippen LogP contribution in [0.15, 0.2) is 12.7 Å². The molecule has 1 heterocycles. The number of allylic oxidation sites excluding steroid dienone is 1. The molecule has 0 aromatic heterocycles. The summed E-state index contributed by atoms with van der Waals surface area (Å²) in [5, 5.41) is 0. The predicted octanol–water partition coefficient (Wildman–Crippen LogP) is 2.04. The van der Waals surface area contributed by atoms with Crippen LogP contribution in [0.25, 0.3) is 0 Å². The van der Waals surface area contributed by atoms with Crippen LogP contribution in [0.1, 0.15) is 32.6 Å². The lowest BCUT2D eigenvalue weighted by Crippen LogP contribution is -2.50. The molecule has 0 amide bonds. The lowest BCUT2D eigenvalue weighted by molar-refractivity contribution is -0.231. The average molecular weight is 240 g/mol. The van der Waals surface area contributed by atoms with Gasteiger partial charge in [0.25, 0.3) is 0 Å². The highest BCUT2D eigenvalue weighted by Crippen LogP contribution is 2.54. The zero-order valence-electron chi connectivity index (χ0n) is 10.4. The molecule has 4 nitrogen and oxygen atoms in total. The molecule has 0 radical (unpaired) electrons. The van der Waals surface area contributed by atoms with Crippen LogP contribution in [0, 0.1) is 5.41 Å². The number of hydrogen-bond acceptors (Lipinski definition) is 4. The van der Waals surface area contributed by atoms with Crippen molar-refractivity contribution in [2.45, 2.75) is 38.4 Å². The molecule has 1 aliphatic carbocycles. The second-order valence-corrected chi connectivity index (χ2v) is 4.60. The number of carbonyl (C=O) groups excluding carboxylic acids is 1. The maximum atomic E-state index is 12.3. The molecule has 4 heteroatoms. The highest BCUT2D eigenvalue weighted by atomic mass is 16.7. The van der Waals surface area contributed by atoms with E-state index < -0.39 is 11.2 Å². The SMILES string of the molecule is C=CC[C@@]1(C(=O)OCC)CCCC12OCCO2. The van der Waals surface area contributed by atoms with Gasteiger partial charge in [-0.05, 0) is 26.2 Å². The molecule has 2 rings (SSSR count). The predicted molar refractivity (Wildman–Crippen MR) is 62.4 cm³/mol. The van der Waals surface area contributed by atoms with Crippen LogP contribution >= 0.6 is 0 Å². The van der Waals surface area contributed by atoms with Crippen LogP contribution in [-0.4, -0.2) is 31.6 Å². The van der Waals surface area contributed by atoms with E-state index in [1.807, 2.05) is 6.92 Å². The molecule has 17 heavy (non-hydrogen) atoms. The molecule has 1 aliphatic heterocycles. The molecule has 0 aromatic rings. The lowest BCUT2D eigenvalue weighted by Gasteiger charge is -2.38. The van der Waals surface area contributed by atoms with Crippen molar-refractivity contribution < 1.29 is 19.0 Å². The summed E-state index contributed by atoms with van der Waals surface area (Å²) in [4.78, 5) is 12.3. The normalized spacial score (nSPS) is 30.6. The molecule has 2 fully saturated rings. The highest BCUT2D eigenvalue weighted by Gasteiger charge is 2.63. The molecule has 2 aliphatic rings. The summed E-state index contributed by atoms with van der Waals surface area (Å²) in [6, 6.07) is 0. The van der Waals surface area contributed by atoms with Crippen LogP contribution < -0.4 is 0 Å². The van der Waals surface area contributed by atoms with E-state index in [0.717, 1.165) is 19.3 Å².